The molecule has 0 saturated carbocycles. The van der Waals surface area contributed by atoms with Crippen molar-refractivity contribution in [1.29, 1.82) is 0 Å². The molecule has 0 N–H and O–H groups in total. The van der Waals surface area contributed by atoms with Gasteiger partial charge in [-0.05, 0) is 47.2 Å². The molecule has 1 rings (SSSR count). The summed E-state index contributed by atoms with van der Waals surface area (Å²) in [6, 6.07) is -0.250. The van der Waals surface area contributed by atoms with Crippen LogP contribution < -0.4 is 0 Å². The van der Waals surface area contributed by atoms with Crippen molar-refractivity contribution in [2.75, 3.05) is 13.6 Å². The van der Waals surface area contributed by atoms with E-state index < -0.39 is 17.4 Å². The standard InChI is InChI=1S/C12H21NO3/c1-12(2,3)11(15)16-10(14)9-7-5-6-8-13(9)4/h9H,5-8H2,1-4H3. The molecule has 0 spiro atoms. The number of esters is 2. The van der Waals surface area contributed by atoms with Gasteiger partial charge in [-0.2, -0.15) is 0 Å². The van der Waals surface area contributed by atoms with Gasteiger partial charge in [0.15, 0.2) is 0 Å². The lowest BCUT2D eigenvalue weighted by atomic mass is 9.97. The third-order valence-corrected chi connectivity index (χ3v) is 2.85. The Bertz CT molecular complexity index is 280. The highest BCUT2D eigenvalue weighted by molar-refractivity contribution is 5.90. The molecule has 0 aromatic carbocycles. The van der Waals surface area contributed by atoms with Crippen molar-refractivity contribution in [1.82, 2.24) is 4.90 Å². The SMILES string of the molecule is CN1CCCCC1C(=O)OC(=O)C(C)(C)C. The van der Waals surface area contributed by atoms with Crippen molar-refractivity contribution in [3.8, 4) is 0 Å². The van der Waals surface area contributed by atoms with E-state index in [1.807, 2.05) is 11.9 Å². The minimum Gasteiger partial charge on any atom is -0.392 e. The summed E-state index contributed by atoms with van der Waals surface area (Å²) in [6.45, 7) is 6.12. The fourth-order valence-corrected chi connectivity index (χ4v) is 1.69. The Balaban J connectivity index is 2.55. The summed E-state index contributed by atoms with van der Waals surface area (Å²) in [5.41, 5.74) is -0.622. The Morgan fingerprint density at radius 1 is 1.25 bits per heavy atom. The van der Waals surface area contributed by atoms with Crippen LogP contribution in [0.25, 0.3) is 0 Å². The number of carbonyl (C=O) groups excluding carboxylic acids is 2. The van der Waals surface area contributed by atoms with Crippen molar-refractivity contribution >= 4 is 11.9 Å². The van der Waals surface area contributed by atoms with Crippen LogP contribution in [0.15, 0.2) is 0 Å². The van der Waals surface area contributed by atoms with Gasteiger partial charge in [0.05, 0.1) is 5.41 Å². The van der Waals surface area contributed by atoms with Gasteiger partial charge in [0.1, 0.15) is 6.04 Å². The molecule has 0 aromatic rings. The first-order valence-electron chi connectivity index (χ1n) is 5.79. The smallest absolute Gasteiger partial charge is 0.331 e. The zero-order valence-corrected chi connectivity index (χ0v) is 10.6. The molecule has 1 fully saturated rings. The first kappa shape index (κ1) is 13.2. The lowest BCUT2D eigenvalue weighted by molar-refractivity contribution is -0.169. The highest BCUT2D eigenvalue weighted by atomic mass is 16.6. The van der Waals surface area contributed by atoms with E-state index >= 15 is 0 Å². The zero-order chi connectivity index (χ0) is 12.3. The summed E-state index contributed by atoms with van der Waals surface area (Å²) in [6.07, 6.45) is 2.91. The van der Waals surface area contributed by atoms with Crippen LogP contribution in [0.2, 0.25) is 0 Å². The summed E-state index contributed by atoms with van der Waals surface area (Å²) < 4.78 is 4.91. The number of piperidine rings is 1. The lowest BCUT2D eigenvalue weighted by Gasteiger charge is -2.30. The van der Waals surface area contributed by atoms with E-state index in [-0.39, 0.29) is 6.04 Å². The lowest BCUT2D eigenvalue weighted by Crippen LogP contribution is -2.44. The van der Waals surface area contributed by atoms with E-state index in [4.69, 9.17) is 4.74 Å². The van der Waals surface area contributed by atoms with E-state index in [0.717, 1.165) is 25.8 Å². The maximum Gasteiger partial charge on any atom is 0.331 e. The zero-order valence-electron chi connectivity index (χ0n) is 10.6. The van der Waals surface area contributed by atoms with Crippen LogP contribution in [0.1, 0.15) is 40.0 Å². The van der Waals surface area contributed by atoms with Gasteiger partial charge in [0, 0.05) is 0 Å². The van der Waals surface area contributed by atoms with E-state index in [2.05, 4.69) is 0 Å². The van der Waals surface area contributed by atoms with Crippen LogP contribution in [-0.4, -0.2) is 36.5 Å². The van der Waals surface area contributed by atoms with Gasteiger partial charge < -0.3 is 4.74 Å². The van der Waals surface area contributed by atoms with Crippen LogP contribution in [-0.2, 0) is 14.3 Å². The van der Waals surface area contributed by atoms with Crippen LogP contribution >= 0.6 is 0 Å². The third-order valence-electron chi connectivity index (χ3n) is 2.85. The number of rotatable bonds is 1. The maximum atomic E-state index is 11.8. The molecular weight excluding hydrogens is 206 g/mol. The Hall–Kier alpha value is -0.900. The third kappa shape index (κ3) is 3.30. The van der Waals surface area contributed by atoms with Gasteiger partial charge in [-0.15, -0.1) is 0 Å². The molecular formula is C12H21NO3. The molecule has 1 aliphatic heterocycles. The maximum absolute atomic E-state index is 11.8. The van der Waals surface area contributed by atoms with Crippen LogP contribution in [0, 0.1) is 5.41 Å². The molecule has 4 nitrogen and oxygen atoms in total. The molecule has 1 saturated heterocycles. The molecule has 4 heteroatoms. The molecule has 0 radical (unpaired) electrons. The van der Waals surface area contributed by atoms with Crippen molar-refractivity contribution in [3.05, 3.63) is 0 Å². The van der Waals surface area contributed by atoms with Gasteiger partial charge in [-0.1, -0.05) is 6.42 Å². The predicted octanol–water partition coefficient (Wildman–Crippen LogP) is 1.59. The van der Waals surface area contributed by atoms with Crippen molar-refractivity contribution in [3.63, 3.8) is 0 Å². The number of likely N-dealkylation sites (N-methyl/N-ethyl adjacent to an activating group) is 1. The quantitative estimate of drug-likeness (QED) is 0.504. The molecule has 0 aliphatic carbocycles. The van der Waals surface area contributed by atoms with Crippen molar-refractivity contribution in [2.45, 2.75) is 46.1 Å². The Morgan fingerprint density at radius 3 is 2.38 bits per heavy atom. The number of nitrogens with zero attached hydrogens (tertiary/aromatic N) is 1. The summed E-state index contributed by atoms with van der Waals surface area (Å²) in [4.78, 5) is 25.3. The largest absolute Gasteiger partial charge is 0.392 e. The molecule has 1 unspecified atom stereocenters. The van der Waals surface area contributed by atoms with Gasteiger partial charge in [0.2, 0.25) is 0 Å². The van der Waals surface area contributed by atoms with Crippen LogP contribution in [0.4, 0.5) is 0 Å². The minimum atomic E-state index is -0.622. The molecule has 0 amide bonds. The first-order chi connectivity index (χ1) is 7.32. The molecule has 1 atom stereocenters. The Labute approximate surface area is 96.9 Å². The highest BCUT2D eigenvalue weighted by Crippen LogP contribution is 2.19. The summed E-state index contributed by atoms with van der Waals surface area (Å²) >= 11 is 0. The second kappa shape index (κ2) is 4.95. The minimum absolute atomic E-state index is 0.250. The fourth-order valence-electron chi connectivity index (χ4n) is 1.69. The van der Waals surface area contributed by atoms with Gasteiger partial charge in [-0.3, -0.25) is 9.69 Å². The highest BCUT2D eigenvalue weighted by Gasteiger charge is 2.32. The predicted molar refractivity (Wildman–Crippen MR) is 60.8 cm³/mol. The Morgan fingerprint density at radius 2 is 1.88 bits per heavy atom. The first-order valence-corrected chi connectivity index (χ1v) is 5.79. The van der Waals surface area contributed by atoms with E-state index in [1.165, 1.54) is 0 Å². The monoisotopic (exact) mass is 227 g/mol. The molecule has 0 bridgehead atoms. The Kier molecular flexibility index (Phi) is 4.08. The summed E-state index contributed by atoms with van der Waals surface area (Å²) in [5, 5.41) is 0. The fraction of sp³-hybridized carbons (Fsp3) is 0.833. The molecule has 16 heavy (non-hydrogen) atoms. The second-order valence-corrected chi connectivity index (χ2v) is 5.45. The van der Waals surface area contributed by atoms with Gasteiger partial charge in [-0.25, -0.2) is 4.79 Å². The van der Waals surface area contributed by atoms with E-state index in [9.17, 15) is 9.59 Å². The summed E-state index contributed by atoms with van der Waals surface area (Å²) in [5.74, 6) is -0.849. The molecule has 92 valence electrons. The molecule has 1 heterocycles. The van der Waals surface area contributed by atoms with Crippen LogP contribution in [0.5, 0.6) is 0 Å². The number of ether oxygens (including phenoxy) is 1. The van der Waals surface area contributed by atoms with Crippen LogP contribution in [0.3, 0.4) is 0 Å². The van der Waals surface area contributed by atoms with E-state index in [0.29, 0.717) is 0 Å². The van der Waals surface area contributed by atoms with E-state index in [1.54, 1.807) is 20.8 Å². The summed E-state index contributed by atoms with van der Waals surface area (Å²) in [7, 11) is 1.90. The topological polar surface area (TPSA) is 46.6 Å². The number of hydrogen-bond acceptors (Lipinski definition) is 4. The number of likely N-dealkylation sites (tertiary alicyclic amines) is 1. The average molecular weight is 227 g/mol. The van der Waals surface area contributed by atoms with Crippen molar-refractivity contribution < 1.29 is 14.3 Å². The number of carbonyl (C=O) groups is 2. The normalized spacial score (nSPS) is 22.9. The average Bonchev–Trinajstić information content (AvgIpc) is 2.16. The second-order valence-electron chi connectivity index (χ2n) is 5.45. The number of hydrogen-bond donors (Lipinski definition) is 0. The van der Waals surface area contributed by atoms with Crippen molar-refractivity contribution in [2.24, 2.45) is 5.41 Å². The van der Waals surface area contributed by atoms with Gasteiger partial charge in [0.25, 0.3) is 0 Å². The van der Waals surface area contributed by atoms with Gasteiger partial charge >= 0.3 is 11.9 Å². The molecule has 1 aliphatic rings. The molecule has 0 aromatic heterocycles.